The van der Waals surface area contributed by atoms with Gasteiger partial charge in [-0.15, -0.1) is 22.7 Å². The highest BCUT2D eigenvalue weighted by atomic mass is 32.1. The predicted molar refractivity (Wildman–Crippen MR) is 157 cm³/mol. The Labute approximate surface area is 227 Å². The Morgan fingerprint density at radius 1 is 0.722 bits per heavy atom. The number of benzene rings is 1. The summed E-state index contributed by atoms with van der Waals surface area (Å²) in [6.07, 6.45) is 9.18. The second kappa shape index (κ2) is 10.7. The number of aryl methyl sites for hydroxylation is 1. The highest BCUT2D eigenvalue weighted by Gasteiger charge is 2.52. The van der Waals surface area contributed by atoms with E-state index in [0.29, 0.717) is 0 Å². The van der Waals surface area contributed by atoms with Crippen LogP contribution in [-0.2, 0) is 15.7 Å². The molecular weight excluding hydrogens is 503 g/mol. The van der Waals surface area contributed by atoms with Crippen LogP contribution in [0.1, 0.15) is 78.0 Å². The Balaban J connectivity index is 1.33. The minimum Gasteiger partial charge on any atom is -0.399 e. The Bertz CT molecular complexity index is 1310. The molecule has 36 heavy (non-hydrogen) atoms. The van der Waals surface area contributed by atoms with E-state index in [1.165, 1.54) is 76.9 Å². The largest absolute Gasteiger partial charge is 0.505 e. The van der Waals surface area contributed by atoms with Crippen LogP contribution in [0.15, 0.2) is 36.4 Å². The van der Waals surface area contributed by atoms with Crippen LogP contribution in [0, 0.1) is 0 Å². The van der Waals surface area contributed by atoms with Crippen molar-refractivity contribution in [3.8, 4) is 20.9 Å². The zero-order valence-corrected chi connectivity index (χ0v) is 24.4. The van der Waals surface area contributed by atoms with Crippen LogP contribution >= 0.6 is 34.4 Å². The zero-order valence-electron chi connectivity index (χ0n) is 21.9. The van der Waals surface area contributed by atoms with Crippen molar-refractivity contribution < 1.29 is 9.31 Å². The van der Waals surface area contributed by atoms with Crippen molar-refractivity contribution in [2.45, 2.75) is 90.8 Å². The fourth-order valence-corrected chi connectivity index (χ4v) is 7.23. The van der Waals surface area contributed by atoms with Gasteiger partial charge in [-0.3, -0.25) is 0 Å². The van der Waals surface area contributed by atoms with Crippen molar-refractivity contribution in [3.63, 3.8) is 0 Å². The lowest BCUT2D eigenvalue weighted by atomic mass is 9.88. The third-order valence-electron chi connectivity index (χ3n) is 7.50. The molecule has 1 saturated heterocycles. The van der Waals surface area contributed by atoms with Gasteiger partial charge in [-0.1, -0.05) is 57.2 Å². The monoisotopic (exact) mass is 538 g/mol. The molecule has 0 unspecified atom stereocenters. The molecule has 0 saturated carbocycles. The standard InChI is InChI=1S/C28H35BN2O2S3/c1-6-7-8-9-10-11-12-19-13-16-22(34-19)20-14-15-21(26-25(20)30-36-31-26)23-17-18-24(35-23)29-32-27(2,3)28(4,5)33-29/h13-18H,6-12H2,1-5H3. The van der Waals surface area contributed by atoms with Gasteiger partial charge in [0.25, 0.3) is 0 Å². The SMILES string of the molecule is CCCCCCCCc1ccc(-c2ccc(-c3ccc(B4OC(C)(C)C(C)(C)O4)s3)c3nsnc23)s1. The second-order valence-corrected chi connectivity index (χ2v) is 13.5. The number of nitrogens with zero attached hydrogens (tertiary/aromatic N) is 2. The lowest BCUT2D eigenvalue weighted by Gasteiger charge is -2.32. The van der Waals surface area contributed by atoms with Crippen LogP contribution < -0.4 is 4.78 Å². The molecule has 190 valence electrons. The van der Waals surface area contributed by atoms with E-state index in [4.69, 9.17) is 18.1 Å². The molecule has 4 nitrogen and oxygen atoms in total. The Morgan fingerprint density at radius 2 is 1.31 bits per heavy atom. The minimum atomic E-state index is -0.343. The first-order valence-corrected chi connectivity index (χ1v) is 15.5. The topological polar surface area (TPSA) is 44.2 Å². The van der Waals surface area contributed by atoms with Crippen LogP contribution in [0.5, 0.6) is 0 Å². The quantitative estimate of drug-likeness (QED) is 0.150. The molecule has 1 fully saturated rings. The van der Waals surface area contributed by atoms with Crippen molar-refractivity contribution >= 4 is 57.3 Å². The molecule has 0 aliphatic carbocycles. The molecule has 0 atom stereocenters. The summed E-state index contributed by atoms with van der Waals surface area (Å²) < 4.78 is 23.0. The number of thiophene rings is 2. The van der Waals surface area contributed by atoms with Crippen LogP contribution in [0.4, 0.5) is 0 Å². The summed E-state index contributed by atoms with van der Waals surface area (Å²) in [4.78, 5) is 3.91. The van der Waals surface area contributed by atoms with Crippen molar-refractivity contribution in [1.29, 1.82) is 0 Å². The summed E-state index contributed by atoms with van der Waals surface area (Å²) in [5.74, 6) is 0. The highest BCUT2D eigenvalue weighted by Crippen LogP contribution is 2.40. The van der Waals surface area contributed by atoms with E-state index in [1.807, 2.05) is 11.3 Å². The van der Waals surface area contributed by atoms with E-state index >= 15 is 0 Å². The third kappa shape index (κ3) is 5.21. The maximum Gasteiger partial charge on any atom is 0.505 e. The maximum atomic E-state index is 6.27. The molecule has 0 N–H and O–H groups in total. The molecule has 0 amide bonds. The second-order valence-electron chi connectivity index (χ2n) is 10.7. The lowest BCUT2D eigenvalue weighted by Crippen LogP contribution is -2.41. The predicted octanol–water partition coefficient (Wildman–Crippen LogP) is 8.35. The van der Waals surface area contributed by atoms with Crippen molar-refractivity contribution in [2.24, 2.45) is 0 Å². The van der Waals surface area contributed by atoms with Gasteiger partial charge in [0.05, 0.1) is 22.9 Å². The van der Waals surface area contributed by atoms with Gasteiger partial charge in [-0.25, -0.2) is 0 Å². The smallest absolute Gasteiger partial charge is 0.399 e. The number of aromatic nitrogens is 2. The van der Waals surface area contributed by atoms with Crippen LogP contribution in [-0.4, -0.2) is 27.1 Å². The van der Waals surface area contributed by atoms with Crippen molar-refractivity contribution in [3.05, 3.63) is 41.3 Å². The molecule has 1 aliphatic rings. The molecule has 4 aromatic rings. The van der Waals surface area contributed by atoms with Gasteiger partial charge >= 0.3 is 7.12 Å². The van der Waals surface area contributed by atoms with Gasteiger partial charge in [0.1, 0.15) is 11.0 Å². The number of rotatable bonds is 10. The first-order chi connectivity index (χ1) is 17.3. The Morgan fingerprint density at radius 3 is 1.97 bits per heavy atom. The third-order valence-corrected chi connectivity index (χ3v) is 10.3. The number of hydrogen-bond acceptors (Lipinski definition) is 7. The number of fused-ring (bicyclic) bond motifs is 1. The molecule has 5 rings (SSSR count). The summed E-state index contributed by atoms with van der Waals surface area (Å²) in [5.41, 5.74) is 3.60. The average Bonchev–Trinajstić information content (AvgIpc) is 3.62. The Hall–Kier alpha value is -1.58. The Kier molecular flexibility index (Phi) is 7.71. The fraction of sp³-hybridized carbons (Fsp3) is 0.500. The van der Waals surface area contributed by atoms with Crippen molar-refractivity contribution in [1.82, 2.24) is 8.75 Å². The summed E-state index contributed by atoms with van der Waals surface area (Å²) in [7, 11) is -0.340. The van der Waals surface area contributed by atoms with E-state index in [0.717, 1.165) is 21.4 Å². The molecule has 1 aromatic carbocycles. The van der Waals surface area contributed by atoms with Gasteiger partial charge < -0.3 is 9.31 Å². The highest BCUT2D eigenvalue weighted by molar-refractivity contribution is 7.25. The van der Waals surface area contributed by atoms with Crippen LogP contribution in [0.3, 0.4) is 0 Å². The van der Waals surface area contributed by atoms with Crippen LogP contribution in [0.25, 0.3) is 31.9 Å². The first-order valence-electron chi connectivity index (χ1n) is 13.1. The van der Waals surface area contributed by atoms with E-state index in [9.17, 15) is 0 Å². The maximum absolute atomic E-state index is 6.27. The zero-order chi connectivity index (χ0) is 25.3. The summed E-state index contributed by atoms with van der Waals surface area (Å²) in [6.45, 7) is 10.6. The molecular formula is C28H35BN2O2S3. The van der Waals surface area contributed by atoms with Gasteiger partial charge in [-0.2, -0.15) is 8.75 Å². The molecule has 3 aromatic heterocycles. The molecule has 0 radical (unpaired) electrons. The normalized spacial score (nSPS) is 16.9. The van der Waals surface area contributed by atoms with E-state index in [1.54, 1.807) is 11.3 Å². The average molecular weight is 539 g/mol. The molecule has 4 heterocycles. The first kappa shape index (κ1) is 26.0. The summed E-state index contributed by atoms with van der Waals surface area (Å²) in [6, 6.07) is 13.2. The van der Waals surface area contributed by atoms with E-state index in [2.05, 4.69) is 71.0 Å². The van der Waals surface area contributed by atoms with Crippen LogP contribution in [0.2, 0.25) is 0 Å². The summed E-state index contributed by atoms with van der Waals surface area (Å²) in [5, 5.41) is 0. The fourth-order valence-electron chi connectivity index (χ4n) is 4.58. The van der Waals surface area contributed by atoms with Crippen molar-refractivity contribution in [2.75, 3.05) is 0 Å². The van der Waals surface area contributed by atoms with Gasteiger partial charge in [0.15, 0.2) is 0 Å². The minimum absolute atomic E-state index is 0.340. The van der Waals surface area contributed by atoms with Gasteiger partial charge in [0, 0.05) is 30.5 Å². The van der Waals surface area contributed by atoms with E-state index < -0.39 is 0 Å². The lowest BCUT2D eigenvalue weighted by molar-refractivity contribution is 0.00578. The van der Waals surface area contributed by atoms with Gasteiger partial charge in [-0.05, 0) is 58.7 Å². The molecule has 1 aliphatic heterocycles. The van der Waals surface area contributed by atoms with E-state index in [-0.39, 0.29) is 18.3 Å². The number of unbranched alkanes of at least 4 members (excludes halogenated alkanes) is 5. The summed E-state index contributed by atoms with van der Waals surface area (Å²) >= 11 is 4.91. The molecule has 8 heteroatoms. The number of hydrogen-bond donors (Lipinski definition) is 0. The van der Waals surface area contributed by atoms with Gasteiger partial charge in [0.2, 0.25) is 0 Å². The molecule has 0 spiro atoms. The molecule has 0 bridgehead atoms.